The minimum atomic E-state index is -1.76. The van der Waals surface area contributed by atoms with Crippen molar-refractivity contribution >= 4 is 46.4 Å². The Morgan fingerprint density at radius 3 is 2.20 bits per heavy atom. The number of nitrogens with zero attached hydrogens (tertiary/aromatic N) is 1. The van der Waals surface area contributed by atoms with Crippen molar-refractivity contribution in [3.05, 3.63) is 86.6 Å². The van der Waals surface area contributed by atoms with E-state index >= 15 is 0 Å². The highest BCUT2D eigenvalue weighted by Gasteiger charge is 2.69. The number of benzene rings is 2. The van der Waals surface area contributed by atoms with Crippen molar-refractivity contribution in [3.63, 3.8) is 0 Å². The van der Waals surface area contributed by atoms with Gasteiger partial charge in [-0.25, -0.2) is 9.69 Å². The second-order valence-corrected chi connectivity index (χ2v) is 10.6. The molecular formula is C27H25ClN2O4S. The summed E-state index contributed by atoms with van der Waals surface area (Å²) < 4.78 is 0.532. The van der Waals surface area contributed by atoms with Crippen molar-refractivity contribution in [2.75, 3.05) is 4.90 Å². The maximum absolute atomic E-state index is 14.2. The van der Waals surface area contributed by atoms with Crippen LogP contribution in [0.5, 0.6) is 0 Å². The Morgan fingerprint density at radius 1 is 1.00 bits per heavy atom. The molecule has 5 rings (SSSR count). The second kappa shape index (κ2) is 8.90. The van der Waals surface area contributed by atoms with E-state index in [9.17, 15) is 19.5 Å². The lowest BCUT2D eigenvalue weighted by molar-refractivity contribution is -0.149. The first-order valence-electron chi connectivity index (χ1n) is 11.7. The van der Waals surface area contributed by atoms with E-state index in [1.165, 1.54) is 16.2 Å². The predicted octanol–water partition coefficient (Wildman–Crippen LogP) is 4.96. The average molecular weight is 509 g/mol. The molecule has 2 amide bonds. The van der Waals surface area contributed by atoms with Crippen molar-refractivity contribution in [2.45, 2.75) is 38.3 Å². The van der Waals surface area contributed by atoms with Crippen LogP contribution in [0.25, 0.3) is 0 Å². The van der Waals surface area contributed by atoms with Gasteiger partial charge in [0.1, 0.15) is 0 Å². The zero-order chi connectivity index (χ0) is 24.9. The van der Waals surface area contributed by atoms with E-state index in [2.05, 4.69) is 5.32 Å². The Balaban J connectivity index is 1.75. The molecule has 2 aliphatic heterocycles. The summed E-state index contributed by atoms with van der Waals surface area (Å²) in [6.07, 6.45) is 1.28. The summed E-state index contributed by atoms with van der Waals surface area (Å²) in [5, 5.41) is 13.9. The van der Waals surface area contributed by atoms with E-state index in [1.807, 2.05) is 32.0 Å². The molecule has 0 radical (unpaired) electrons. The lowest BCUT2D eigenvalue weighted by atomic mass is 9.76. The predicted molar refractivity (Wildman–Crippen MR) is 136 cm³/mol. The summed E-state index contributed by atoms with van der Waals surface area (Å²) in [6, 6.07) is 17.3. The summed E-state index contributed by atoms with van der Waals surface area (Å²) in [6.45, 7) is 3.96. The fraction of sp³-hybridized carbons (Fsp3) is 0.296. The molecule has 2 fully saturated rings. The smallest absolute Gasteiger partial charge is 0.329 e. The van der Waals surface area contributed by atoms with Crippen LogP contribution in [0, 0.1) is 11.8 Å². The normalized spacial score (nSPS) is 25.8. The van der Waals surface area contributed by atoms with Crippen LogP contribution >= 0.6 is 22.9 Å². The van der Waals surface area contributed by atoms with Gasteiger partial charge in [-0.05, 0) is 41.7 Å². The van der Waals surface area contributed by atoms with Crippen molar-refractivity contribution in [2.24, 2.45) is 11.8 Å². The number of carbonyl (C=O) groups excluding carboxylic acids is 2. The third kappa shape index (κ3) is 3.44. The monoisotopic (exact) mass is 508 g/mol. The minimum absolute atomic E-state index is 0.378. The Kier molecular flexibility index (Phi) is 6.03. The second-order valence-electron chi connectivity index (χ2n) is 8.89. The van der Waals surface area contributed by atoms with Crippen LogP contribution in [0.3, 0.4) is 0 Å². The van der Waals surface area contributed by atoms with Crippen LogP contribution < -0.4 is 10.2 Å². The van der Waals surface area contributed by atoms with E-state index < -0.39 is 35.3 Å². The number of rotatable bonds is 6. The molecule has 1 aromatic heterocycles. The molecule has 0 aliphatic carbocycles. The SMILES string of the molecule is CCc1cccc(CC)c1N1C(=O)C2C(c3ccc(Cl)s3)NC(C(=O)O)(c3ccccc3)C2C1=O. The standard InChI is InChI=1S/C27H25ClN2O4S/c1-3-15-9-8-10-16(4-2)23(15)30-24(31)20-21(25(30)32)27(26(33)34,17-11-6-5-7-12-17)29-22(20)18-13-14-19(28)35-18/h5-14,20-22,29H,3-4H2,1-2H3,(H,33,34). The Bertz CT molecular complexity index is 1300. The number of aryl methyl sites for hydroxylation is 2. The van der Waals surface area contributed by atoms with Crippen molar-refractivity contribution in [1.29, 1.82) is 0 Å². The molecule has 6 nitrogen and oxygen atoms in total. The maximum Gasteiger partial charge on any atom is 0.329 e. The van der Waals surface area contributed by atoms with Gasteiger partial charge in [0.05, 0.1) is 27.9 Å². The summed E-state index contributed by atoms with van der Waals surface area (Å²) in [5.41, 5.74) is 1.04. The first-order chi connectivity index (χ1) is 16.8. The van der Waals surface area contributed by atoms with Gasteiger partial charge in [-0.1, -0.05) is 74.0 Å². The number of thiophene rings is 1. The molecule has 0 bridgehead atoms. The van der Waals surface area contributed by atoms with E-state index in [4.69, 9.17) is 11.6 Å². The average Bonchev–Trinajstić information content (AvgIpc) is 3.53. The van der Waals surface area contributed by atoms with Crippen molar-refractivity contribution in [1.82, 2.24) is 5.32 Å². The molecule has 180 valence electrons. The fourth-order valence-electron chi connectivity index (χ4n) is 5.66. The molecule has 2 saturated heterocycles. The summed E-state index contributed by atoms with van der Waals surface area (Å²) in [7, 11) is 0. The topological polar surface area (TPSA) is 86.7 Å². The largest absolute Gasteiger partial charge is 0.480 e. The fourth-order valence-corrected chi connectivity index (χ4v) is 6.82. The molecule has 4 unspecified atom stereocenters. The quantitative estimate of drug-likeness (QED) is 0.460. The van der Waals surface area contributed by atoms with E-state index in [-0.39, 0.29) is 5.91 Å². The van der Waals surface area contributed by atoms with Gasteiger partial charge in [-0.3, -0.25) is 14.9 Å². The van der Waals surface area contributed by atoms with Crippen LogP contribution in [0.2, 0.25) is 4.34 Å². The number of amides is 2. The number of fused-ring (bicyclic) bond motifs is 1. The molecule has 2 N–H and O–H groups in total. The highest BCUT2D eigenvalue weighted by Crippen LogP contribution is 2.55. The molecule has 35 heavy (non-hydrogen) atoms. The molecular weight excluding hydrogens is 484 g/mol. The highest BCUT2D eigenvalue weighted by molar-refractivity contribution is 7.16. The van der Waals surface area contributed by atoms with Crippen LogP contribution in [0.15, 0.2) is 60.7 Å². The minimum Gasteiger partial charge on any atom is -0.480 e. The maximum atomic E-state index is 14.2. The number of hydrogen-bond acceptors (Lipinski definition) is 5. The van der Waals surface area contributed by atoms with Gasteiger partial charge in [0.2, 0.25) is 11.8 Å². The molecule has 3 aromatic rings. The third-order valence-electron chi connectivity index (χ3n) is 7.22. The number of carbonyl (C=O) groups is 3. The number of para-hydroxylation sites is 1. The van der Waals surface area contributed by atoms with E-state index in [0.29, 0.717) is 28.4 Å². The van der Waals surface area contributed by atoms with Crippen LogP contribution in [-0.2, 0) is 32.8 Å². The van der Waals surface area contributed by atoms with Gasteiger partial charge in [0.25, 0.3) is 0 Å². The molecule has 0 spiro atoms. The molecule has 8 heteroatoms. The van der Waals surface area contributed by atoms with Gasteiger partial charge in [-0.15, -0.1) is 11.3 Å². The Hall–Kier alpha value is -3.00. The van der Waals surface area contributed by atoms with Crippen molar-refractivity contribution in [3.8, 4) is 0 Å². The Morgan fingerprint density at radius 2 is 1.66 bits per heavy atom. The van der Waals surface area contributed by atoms with Gasteiger partial charge in [0.15, 0.2) is 5.54 Å². The van der Waals surface area contributed by atoms with Gasteiger partial charge in [-0.2, -0.15) is 0 Å². The number of nitrogens with one attached hydrogen (secondary N) is 1. The number of carboxylic acid groups (broad SMARTS) is 1. The van der Waals surface area contributed by atoms with Gasteiger partial charge < -0.3 is 5.11 Å². The van der Waals surface area contributed by atoms with E-state index in [1.54, 1.807) is 42.5 Å². The molecule has 3 heterocycles. The molecule has 4 atom stereocenters. The number of hydrogen-bond donors (Lipinski definition) is 2. The van der Waals surface area contributed by atoms with E-state index in [0.717, 1.165) is 16.0 Å². The first-order valence-corrected chi connectivity index (χ1v) is 12.8. The molecule has 0 saturated carbocycles. The lowest BCUT2D eigenvalue weighted by Gasteiger charge is -2.32. The molecule has 2 aliphatic rings. The summed E-state index contributed by atoms with van der Waals surface area (Å²) in [4.78, 5) is 43.3. The van der Waals surface area contributed by atoms with Gasteiger partial charge >= 0.3 is 5.97 Å². The lowest BCUT2D eigenvalue weighted by Crippen LogP contribution is -2.53. The van der Waals surface area contributed by atoms with Crippen molar-refractivity contribution < 1.29 is 19.5 Å². The zero-order valence-electron chi connectivity index (χ0n) is 19.3. The van der Waals surface area contributed by atoms with Crippen LogP contribution in [-0.4, -0.2) is 22.9 Å². The number of halogens is 1. The zero-order valence-corrected chi connectivity index (χ0v) is 20.9. The third-order valence-corrected chi connectivity index (χ3v) is 8.53. The number of carboxylic acids is 1. The Labute approximate surface area is 212 Å². The molecule has 2 aromatic carbocycles. The van der Waals surface area contributed by atoms with Crippen LogP contribution in [0.1, 0.15) is 41.5 Å². The van der Waals surface area contributed by atoms with Crippen LogP contribution in [0.4, 0.5) is 5.69 Å². The number of anilines is 1. The number of aliphatic carboxylic acids is 1. The number of imide groups is 1. The summed E-state index contributed by atoms with van der Waals surface area (Å²) >= 11 is 7.50. The highest BCUT2D eigenvalue weighted by atomic mass is 35.5. The first kappa shape index (κ1) is 23.7. The summed E-state index contributed by atoms with van der Waals surface area (Å²) in [5.74, 6) is -4.05. The van der Waals surface area contributed by atoms with Gasteiger partial charge in [0, 0.05) is 4.88 Å².